The molecule has 1 saturated heterocycles. The number of para-hydroxylation sites is 1. The molecule has 1 aromatic carbocycles. The van der Waals surface area contributed by atoms with E-state index in [1.54, 1.807) is 18.2 Å². The molecular weight excluding hydrogens is 220 g/mol. The van der Waals surface area contributed by atoms with Crippen LogP contribution >= 0.6 is 0 Å². The average Bonchev–Trinajstić information content (AvgIpc) is 2.83. The largest absolute Gasteiger partial charge is 0.465 e. The Bertz CT molecular complexity index is 414. The van der Waals surface area contributed by atoms with Gasteiger partial charge in [-0.3, -0.25) is 0 Å². The summed E-state index contributed by atoms with van der Waals surface area (Å²) >= 11 is 0. The molecule has 1 unspecified atom stereocenters. The van der Waals surface area contributed by atoms with E-state index in [1.807, 2.05) is 0 Å². The van der Waals surface area contributed by atoms with Crippen molar-refractivity contribution in [3.63, 3.8) is 0 Å². The van der Waals surface area contributed by atoms with Gasteiger partial charge in [-0.15, -0.1) is 0 Å². The van der Waals surface area contributed by atoms with E-state index in [0.717, 1.165) is 13.0 Å². The maximum atomic E-state index is 11.6. The van der Waals surface area contributed by atoms with E-state index in [-0.39, 0.29) is 6.04 Å². The van der Waals surface area contributed by atoms with Crippen molar-refractivity contribution in [2.24, 2.45) is 0 Å². The standard InChI is InChI=1S/C12H16N2O3/c1-16-12(15)9-3-2-4-10(13)11(9)14-8-5-6-17-7-8/h2-4,8,14H,5-7,13H2,1H3. The minimum atomic E-state index is -0.390. The van der Waals surface area contributed by atoms with Gasteiger partial charge in [-0.1, -0.05) is 6.07 Å². The Hall–Kier alpha value is -1.75. The predicted octanol–water partition coefficient (Wildman–Crippen LogP) is 1.26. The molecule has 17 heavy (non-hydrogen) atoms. The first-order valence-corrected chi connectivity index (χ1v) is 5.53. The normalized spacial score (nSPS) is 19.0. The van der Waals surface area contributed by atoms with E-state index < -0.39 is 5.97 Å². The van der Waals surface area contributed by atoms with E-state index in [2.05, 4.69) is 5.32 Å². The second-order valence-corrected chi connectivity index (χ2v) is 3.97. The molecular formula is C12H16N2O3. The van der Waals surface area contributed by atoms with E-state index in [4.69, 9.17) is 15.2 Å². The lowest BCUT2D eigenvalue weighted by molar-refractivity contribution is 0.0602. The molecule has 5 heteroatoms. The summed E-state index contributed by atoms with van der Waals surface area (Å²) < 4.78 is 10.0. The number of rotatable bonds is 3. The Kier molecular flexibility index (Phi) is 3.49. The maximum Gasteiger partial charge on any atom is 0.340 e. The number of esters is 1. The van der Waals surface area contributed by atoms with E-state index >= 15 is 0 Å². The summed E-state index contributed by atoms with van der Waals surface area (Å²) in [5, 5.41) is 3.24. The fraction of sp³-hybridized carbons (Fsp3) is 0.417. The van der Waals surface area contributed by atoms with Gasteiger partial charge in [0.1, 0.15) is 0 Å². The number of carbonyl (C=O) groups is 1. The molecule has 0 bridgehead atoms. The van der Waals surface area contributed by atoms with Crippen LogP contribution in [0.5, 0.6) is 0 Å². The van der Waals surface area contributed by atoms with Crippen LogP contribution in [0.3, 0.4) is 0 Å². The third-order valence-electron chi connectivity index (χ3n) is 2.78. The van der Waals surface area contributed by atoms with Crippen LogP contribution in [-0.2, 0) is 9.47 Å². The number of ether oxygens (including phenoxy) is 2. The monoisotopic (exact) mass is 236 g/mol. The maximum absolute atomic E-state index is 11.6. The number of methoxy groups -OCH3 is 1. The van der Waals surface area contributed by atoms with Crippen LogP contribution < -0.4 is 11.1 Å². The van der Waals surface area contributed by atoms with Crippen molar-refractivity contribution in [2.75, 3.05) is 31.4 Å². The van der Waals surface area contributed by atoms with E-state index in [9.17, 15) is 4.79 Å². The lowest BCUT2D eigenvalue weighted by Gasteiger charge is -2.17. The summed E-state index contributed by atoms with van der Waals surface area (Å²) in [5.74, 6) is -0.390. The van der Waals surface area contributed by atoms with Gasteiger partial charge in [-0.2, -0.15) is 0 Å². The Labute approximate surface area is 99.9 Å². The lowest BCUT2D eigenvalue weighted by atomic mass is 10.1. The number of benzene rings is 1. The summed E-state index contributed by atoms with van der Waals surface area (Å²) in [7, 11) is 1.36. The van der Waals surface area contributed by atoms with Crippen molar-refractivity contribution in [1.82, 2.24) is 0 Å². The number of hydrogen-bond donors (Lipinski definition) is 2. The molecule has 0 amide bonds. The van der Waals surface area contributed by atoms with Crippen LogP contribution in [0.15, 0.2) is 18.2 Å². The molecule has 3 N–H and O–H groups in total. The van der Waals surface area contributed by atoms with Crippen LogP contribution in [0.4, 0.5) is 11.4 Å². The number of nitrogens with two attached hydrogens (primary N) is 1. The molecule has 0 saturated carbocycles. The molecule has 2 rings (SSSR count). The first-order valence-electron chi connectivity index (χ1n) is 5.53. The molecule has 0 aromatic heterocycles. The van der Waals surface area contributed by atoms with Gasteiger partial charge in [0.05, 0.1) is 36.7 Å². The van der Waals surface area contributed by atoms with Gasteiger partial charge in [0, 0.05) is 6.61 Å². The fourth-order valence-corrected chi connectivity index (χ4v) is 1.86. The minimum absolute atomic E-state index is 0.197. The van der Waals surface area contributed by atoms with E-state index in [0.29, 0.717) is 23.5 Å². The van der Waals surface area contributed by atoms with Crippen molar-refractivity contribution in [3.8, 4) is 0 Å². The molecule has 0 spiro atoms. The van der Waals surface area contributed by atoms with Crippen LogP contribution in [0.1, 0.15) is 16.8 Å². The Balaban J connectivity index is 2.26. The van der Waals surface area contributed by atoms with E-state index in [1.165, 1.54) is 7.11 Å². The van der Waals surface area contributed by atoms with Crippen LogP contribution in [-0.4, -0.2) is 32.3 Å². The van der Waals surface area contributed by atoms with Crippen molar-refractivity contribution < 1.29 is 14.3 Å². The van der Waals surface area contributed by atoms with Crippen molar-refractivity contribution >= 4 is 17.3 Å². The van der Waals surface area contributed by atoms with Gasteiger partial charge in [0.25, 0.3) is 0 Å². The zero-order chi connectivity index (χ0) is 12.3. The third-order valence-corrected chi connectivity index (χ3v) is 2.78. The van der Waals surface area contributed by atoms with Crippen molar-refractivity contribution in [1.29, 1.82) is 0 Å². The molecule has 0 radical (unpaired) electrons. The van der Waals surface area contributed by atoms with Gasteiger partial charge in [0.15, 0.2) is 0 Å². The number of hydrogen-bond acceptors (Lipinski definition) is 5. The molecule has 1 aliphatic rings. The van der Waals surface area contributed by atoms with Crippen LogP contribution in [0.25, 0.3) is 0 Å². The van der Waals surface area contributed by atoms with Crippen LogP contribution in [0, 0.1) is 0 Å². The second-order valence-electron chi connectivity index (χ2n) is 3.97. The highest BCUT2D eigenvalue weighted by Gasteiger charge is 2.20. The number of nitrogen functional groups attached to an aromatic ring is 1. The molecule has 0 aliphatic carbocycles. The molecule has 5 nitrogen and oxygen atoms in total. The minimum Gasteiger partial charge on any atom is -0.465 e. The number of nitrogens with one attached hydrogen (secondary N) is 1. The van der Waals surface area contributed by atoms with Crippen molar-refractivity contribution in [3.05, 3.63) is 23.8 Å². The fourth-order valence-electron chi connectivity index (χ4n) is 1.86. The summed E-state index contributed by atoms with van der Waals surface area (Å²) in [6.07, 6.45) is 0.912. The number of carbonyl (C=O) groups excluding carboxylic acids is 1. The zero-order valence-electron chi connectivity index (χ0n) is 9.73. The Morgan fingerprint density at radius 3 is 3.06 bits per heavy atom. The second kappa shape index (κ2) is 5.05. The van der Waals surface area contributed by atoms with Crippen molar-refractivity contribution in [2.45, 2.75) is 12.5 Å². The summed E-state index contributed by atoms with van der Waals surface area (Å²) in [6.45, 7) is 1.37. The molecule has 1 atom stereocenters. The molecule has 1 aliphatic heterocycles. The average molecular weight is 236 g/mol. The molecule has 1 aromatic rings. The summed E-state index contributed by atoms with van der Waals surface area (Å²) in [5.41, 5.74) is 7.51. The SMILES string of the molecule is COC(=O)c1cccc(N)c1NC1CCOC1. The third kappa shape index (κ3) is 2.50. The predicted molar refractivity (Wildman–Crippen MR) is 65.0 cm³/mol. The smallest absolute Gasteiger partial charge is 0.340 e. The topological polar surface area (TPSA) is 73.6 Å². The summed E-state index contributed by atoms with van der Waals surface area (Å²) in [6, 6.07) is 5.38. The quantitative estimate of drug-likeness (QED) is 0.610. The van der Waals surface area contributed by atoms with Gasteiger partial charge >= 0.3 is 5.97 Å². The van der Waals surface area contributed by atoms with Gasteiger partial charge < -0.3 is 20.5 Å². The Morgan fingerprint density at radius 2 is 2.41 bits per heavy atom. The lowest BCUT2D eigenvalue weighted by Crippen LogP contribution is -2.22. The molecule has 1 fully saturated rings. The first-order chi connectivity index (χ1) is 8.22. The molecule has 1 heterocycles. The highest BCUT2D eigenvalue weighted by atomic mass is 16.5. The van der Waals surface area contributed by atoms with Gasteiger partial charge in [-0.25, -0.2) is 4.79 Å². The van der Waals surface area contributed by atoms with Crippen LogP contribution in [0.2, 0.25) is 0 Å². The highest BCUT2D eigenvalue weighted by Crippen LogP contribution is 2.26. The highest BCUT2D eigenvalue weighted by molar-refractivity contribution is 5.98. The Morgan fingerprint density at radius 1 is 1.59 bits per heavy atom. The zero-order valence-corrected chi connectivity index (χ0v) is 9.73. The van der Waals surface area contributed by atoms with Gasteiger partial charge in [-0.05, 0) is 18.6 Å². The van der Waals surface area contributed by atoms with Gasteiger partial charge in [0.2, 0.25) is 0 Å². The number of anilines is 2. The molecule has 92 valence electrons. The summed E-state index contributed by atoms with van der Waals surface area (Å²) in [4.78, 5) is 11.6. The first kappa shape index (κ1) is 11.7.